The van der Waals surface area contributed by atoms with Crippen LogP contribution >= 0.6 is 0 Å². The van der Waals surface area contributed by atoms with Gasteiger partial charge in [0.1, 0.15) is 6.54 Å². The highest BCUT2D eigenvalue weighted by Gasteiger charge is 2.46. The van der Waals surface area contributed by atoms with E-state index < -0.39 is 11.4 Å². The number of carboxylic acids is 1. The van der Waals surface area contributed by atoms with E-state index in [0.29, 0.717) is 6.54 Å². The van der Waals surface area contributed by atoms with Crippen LogP contribution in [-0.4, -0.2) is 47.6 Å². The van der Waals surface area contributed by atoms with Gasteiger partial charge >= 0.3 is 5.97 Å². The molecule has 0 aromatic heterocycles. The molecule has 5 heteroatoms. The molecular weight excluding hydrogens is 232 g/mol. The van der Waals surface area contributed by atoms with Crippen LogP contribution in [0.2, 0.25) is 0 Å². The summed E-state index contributed by atoms with van der Waals surface area (Å²) in [6.07, 6.45) is 0.784. The number of nitrogens with zero attached hydrogens (tertiary/aromatic N) is 1. The van der Waals surface area contributed by atoms with Gasteiger partial charge in [0.2, 0.25) is 5.91 Å². The summed E-state index contributed by atoms with van der Waals surface area (Å²) in [5, 5.41) is 12.2. The summed E-state index contributed by atoms with van der Waals surface area (Å²) in [6, 6.07) is -0.0928. The predicted molar refractivity (Wildman–Crippen MR) is 69.2 cm³/mol. The van der Waals surface area contributed by atoms with E-state index in [2.05, 4.69) is 5.32 Å². The molecule has 1 heterocycles. The molecule has 0 saturated carbocycles. The second kappa shape index (κ2) is 5.69. The van der Waals surface area contributed by atoms with Crippen LogP contribution in [0, 0.1) is 11.3 Å². The lowest BCUT2D eigenvalue weighted by molar-refractivity contribution is -0.152. The summed E-state index contributed by atoms with van der Waals surface area (Å²) in [6.45, 7) is 9.03. The van der Waals surface area contributed by atoms with Crippen molar-refractivity contribution in [2.75, 3.05) is 19.6 Å². The first-order valence-corrected chi connectivity index (χ1v) is 6.55. The van der Waals surface area contributed by atoms with E-state index in [1.807, 2.05) is 27.7 Å². The van der Waals surface area contributed by atoms with Crippen LogP contribution in [0.15, 0.2) is 0 Å². The van der Waals surface area contributed by atoms with Crippen molar-refractivity contribution >= 4 is 11.9 Å². The van der Waals surface area contributed by atoms with Crippen LogP contribution in [-0.2, 0) is 9.59 Å². The number of hydrogen-bond donors (Lipinski definition) is 2. The summed E-state index contributed by atoms with van der Waals surface area (Å²) in [5.74, 6) is -0.781. The Morgan fingerprint density at radius 3 is 2.28 bits per heavy atom. The molecule has 0 bridgehead atoms. The van der Waals surface area contributed by atoms with Gasteiger partial charge in [-0.3, -0.25) is 9.59 Å². The Hall–Kier alpha value is -1.10. The van der Waals surface area contributed by atoms with Gasteiger partial charge in [-0.05, 0) is 32.7 Å². The van der Waals surface area contributed by atoms with Gasteiger partial charge in [-0.1, -0.05) is 13.8 Å². The van der Waals surface area contributed by atoms with Gasteiger partial charge in [0.05, 0.1) is 5.41 Å². The molecule has 18 heavy (non-hydrogen) atoms. The van der Waals surface area contributed by atoms with E-state index >= 15 is 0 Å². The van der Waals surface area contributed by atoms with Gasteiger partial charge < -0.3 is 15.3 Å². The van der Waals surface area contributed by atoms with Crippen LogP contribution in [0.4, 0.5) is 0 Å². The number of hydrogen-bond acceptors (Lipinski definition) is 3. The molecule has 0 aliphatic carbocycles. The number of carbonyl (C=O) groups is 2. The highest BCUT2D eigenvalue weighted by Crippen LogP contribution is 2.36. The van der Waals surface area contributed by atoms with Crippen LogP contribution in [0.1, 0.15) is 34.1 Å². The zero-order valence-corrected chi connectivity index (χ0v) is 11.7. The minimum Gasteiger partial charge on any atom is -0.480 e. The number of carboxylic acid groups (broad SMARTS) is 1. The van der Waals surface area contributed by atoms with Crippen LogP contribution in [0.3, 0.4) is 0 Å². The molecule has 0 radical (unpaired) electrons. The first kappa shape index (κ1) is 15.0. The van der Waals surface area contributed by atoms with Gasteiger partial charge in [0.25, 0.3) is 0 Å². The Labute approximate surface area is 109 Å². The highest BCUT2D eigenvalue weighted by atomic mass is 16.4. The smallest absolute Gasteiger partial charge is 0.323 e. The fourth-order valence-corrected chi connectivity index (χ4v) is 2.55. The summed E-state index contributed by atoms with van der Waals surface area (Å²) < 4.78 is 0. The third-order valence-electron chi connectivity index (χ3n) is 3.91. The van der Waals surface area contributed by atoms with Crippen molar-refractivity contribution in [1.29, 1.82) is 0 Å². The Morgan fingerprint density at radius 1 is 1.33 bits per heavy atom. The number of aliphatic carboxylic acids is 1. The first-order chi connectivity index (χ1) is 8.31. The van der Waals surface area contributed by atoms with Crippen molar-refractivity contribution in [2.24, 2.45) is 11.3 Å². The zero-order valence-electron chi connectivity index (χ0n) is 11.7. The molecule has 104 valence electrons. The molecule has 1 amide bonds. The topological polar surface area (TPSA) is 69.6 Å². The lowest BCUT2D eigenvalue weighted by Gasteiger charge is -2.38. The van der Waals surface area contributed by atoms with Gasteiger partial charge in [-0.2, -0.15) is 0 Å². The third-order valence-corrected chi connectivity index (χ3v) is 3.91. The van der Waals surface area contributed by atoms with Crippen molar-refractivity contribution in [3.63, 3.8) is 0 Å². The lowest BCUT2D eigenvalue weighted by atomic mass is 9.75. The van der Waals surface area contributed by atoms with E-state index in [9.17, 15) is 9.59 Å². The molecule has 1 unspecified atom stereocenters. The molecule has 5 nitrogen and oxygen atoms in total. The number of amides is 1. The van der Waals surface area contributed by atoms with Gasteiger partial charge in [-0.25, -0.2) is 0 Å². The summed E-state index contributed by atoms with van der Waals surface area (Å²) in [7, 11) is 0. The molecule has 1 aliphatic heterocycles. The molecule has 0 aromatic rings. The molecule has 1 aliphatic rings. The van der Waals surface area contributed by atoms with Crippen LogP contribution in [0.5, 0.6) is 0 Å². The molecule has 1 saturated heterocycles. The number of nitrogens with one attached hydrogen (secondary N) is 1. The average Bonchev–Trinajstić information content (AvgIpc) is 2.74. The van der Waals surface area contributed by atoms with Crippen molar-refractivity contribution < 1.29 is 14.7 Å². The lowest BCUT2D eigenvalue weighted by Crippen LogP contribution is -2.52. The fraction of sp³-hybridized carbons (Fsp3) is 0.846. The maximum absolute atomic E-state index is 12.7. The van der Waals surface area contributed by atoms with Crippen LogP contribution in [0.25, 0.3) is 0 Å². The van der Waals surface area contributed by atoms with Gasteiger partial charge in [0, 0.05) is 12.6 Å². The van der Waals surface area contributed by atoms with Crippen molar-refractivity contribution in [3.8, 4) is 0 Å². The Bertz CT molecular complexity index is 320. The quantitative estimate of drug-likeness (QED) is 0.768. The Morgan fingerprint density at radius 2 is 1.94 bits per heavy atom. The summed E-state index contributed by atoms with van der Waals surface area (Å²) >= 11 is 0. The predicted octanol–water partition coefficient (Wildman–Crippen LogP) is 0.944. The van der Waals surface area contributed by atoms with E-state index in [-0.39, 0.29) is 24.4 Å². The normalized spacial score (nSPS) is 23.7. The van der Waals surface area contributed by atoms with Crippen molar-refractivity contribution in [3.05, 3.63) is 0 Å². The second-order valence-electron chi connectivity index (χ2n) is 5.66. The minimum atomic E-state index is -0.957. The maximum Gasteiger partial charge on any atom is 0.323 e. The van der Waals surface area contributed by atoms with Gasteiger partial charge in [0.15, 0.2) is 0 Å². The SMILES string of the molecule is CC(C)N(CC(=O)O)C(=O)C1(C(C)C)CCNC1. The molecular formula is C13H24N2O3. The van der Waals surface area contributed by atoms with E-state index in [1.54, 1.807) is 0 Å². The molecule has 2 N–H and O–H groups in total. The molecule has 1 rings (SSSR count). The van der Waals surface area contributed by atoms with Crippen LogP contribution < -0.4 is 5.32 Å². The summed E-state index contributed by atoms with van der Waals surface area (Å²) in [5.41, 5.74) is -0.445. The second-order valence-corrected chi connectivity index (χ2v) is 5.66. The Balaban J connectivity index is 2.96. The molecule has 1 fully saturated rings. The monoisotopic (exact) mass is 256 g/mol. The number of rotatable bonds is 5. The average molecular weight is 256 g/mol. The highest BCUT2D eigenvalue weighted by molar-refractivity contribution is 5.87. The fourth-order valence-electron chi connectivity index (χ4n) is 2.55. The molecule has 0 spiro atoms. The minimum absolute atomic E-state index is 0.0279. The van der Waals surface area contributed by atoms with E-state index in [1.165, 1.54) is 4.90 Å². The van der Waals surface area contributed by atoms with Crippen molar-refractivity contribution in [1.82, 2.24) is 10.2 Å². The van der Waals surface area contributed by atoms with E-state index in [4.69, 9.17) is 5.11 Å². The first-order valence-electron chi connectivity index (χ1n) is 6.55. The molecule has 1 atom stereocenters. The maximum atomic E-state index is 12.7. The standard InChI is InChI=1S/C13H24N2O3/c1-9(2)13(5-6-14-8-13)12(18)15(10(3)4)7-11(16)17/h9-10,14H,5-8H2,1-4H3,(H,16,17). The Kier molecular flexibility index (Phi) is 4.73. The van der Waals surface area contributed by atoms with E-state index in [0.717, 1.165) is 13.0 Å². The third kappa shape index (κ3) is 2.83. The van der Waals surface area contributed by atoms with Gasteiger partial charge in [-0.15, -0.1) is 0 Å². The largest absolute Gasteiger partial charge is 0.480 e. The molecule has 0 aromatic carbocycles. The number of carbonyl (C=O) groups excluding carboxylic acids is 1. The zero-order chi connectivity index (χ0) is 13.9. The summed E-state index contributed by atoms with van der Waals surface area (Å²) in [4.78, 5) is 25.1. The van der Waals surface area contributed by atoms with Crippen molar-refractivity contribution in [2.45, 2.75) is 40.2 Å².